The van der Waals surface area contributed by atoms with Crippen LogP contribution >= 0.6 is 0 Å². The van der Waals surface area contributed by atoms with Gasteiger partial charge in [0.1, 0.15) is 5.75 Å². The Labute approximate surface area is 134 Å². The summed E-state index contributed by atoms with van der Waals surface area (Å²) in [7, 11) is 1.32. The molecule has 0 aliphatic carbocycles. The van der Waals surface area contributed by atoms with Crippen molar-refractivity contribution in [2.24, 2.45) is 0 Å². The molecule has 1 aliphatic rings. The number of rotatable bonds is 4. The highest BCUT2D eigenvalue weighted by molar-refractivity contribution is 5.96. The van der Waals surface area contributed by atoms with E-state index in [1.807, 2.05) is 24.3 Å². The molecule has 1 atom stereocenters. The third kappa shape index (κ3) is 3.18. The standard InChI is InChI=1S/C18H17NO4/c1-22-18(21)13-8-6-12(7-9-13)17(20)19-10-14-11-23-16-5-3-2-4-15(14)16/h2-9,14H,10-11H2,1H3,(H,19,20)/t14-/m0/s1. The van der Waals surface area contributed by atoms with Crippen LogP contribution in [-0.4, -0.2) is 32.1 Å². The fourth-order valence-corrected chi connectivity index (χ4v) is 2.59. The molecule has 0 aromatic heterocycles. The molecule has 3 rings (SSSR count). The minimum atomic E-state index is -0.420. The lowest BCUT2D eigenvalue weighted by molar-refractivity contribution is 0.0600. The Morgan fingerprint density at radius 1 is 1.13 bits per heavy atom. The molecule has 0 unspecified atom stereocenters. The van der Waals surface area contributed by atoms with Gasteiger partial charge < -0.3 is 14.8 Å². The SMILES string of the molecule is COC(=O)c1ccc(C(=O)NC[C@H]2COc3ccccc32)cc1. The molecule has 0 saturated carbocycles. The smallest absolute Gasteiger partial charge is 0.337 e. The second kappa shape index (κ2) is 6.52. The van der Waals surface area contributed by atoms with Gasteiger partial charge in [-0.05, 0) is 30.3 Å². The van der Waals surface area contributed by atoms with Gasteiger partial charge in [0.2, 0.25) is 0 Å². The van der Waals surface area contributed by atoms with E-state index in [0.717, 1.165) is 11.3 Å². The van der Waals surface area contributed by atoms with Crippen molar-refractivity contribution in [3.63, 3.8) is 0 Å². The molecular formula is C18H17NO4. The monoisotopic (exact) mass is 311 g/mol. The number of para-hydroxylation sites is 1. The maximum atomic E-state index is 12.2. The Balaban J connectivity index is 1.61. The van der Waals surface area contributed by atoms with Crippen molar-refractivity contribution in [2.75, 3.05) is 20.3 Å². The molecule has 5 nitrogen and oxygen atoms in total. The van der Waals surface area contributed by atoms with Crippen LogP contribution in [0.1, 0.15) is 32.2 Å². The number of nitrogens with one attached hydrogen (secondary N) is 1. The van der Waals surface area contributed by atoms with Gasteiger partial charge in [0.25, 0.3) is 5.91 Å². The summed E-state index contributed by atoms with van der Waals surface area (Å²) in [4.78, 5) is 23.6. The Bertz CT molecular complexity index is 724. The molecular weight excluding hydrogens is 294 g/mol. The van der Waals surface area contributed by atoms with E-state index in [-0.39, 0.29) is 11.8 Å². The maximum absolute atomic E-state index is 12.2. The van der Waals surface area contributed by atoms with E-state index >= 15 is 0 Å². The zero-order chi connectivity index (χ0) is 16.2. The van der Waals surface area contributed by atoms with Crippen molar-refractivity contribution in [3.05, 3.63) is 65.2 Å². The van der Waals surface area contributed by atoms with Crippen LogP contribution in [-0.2, 0) is 4.74 Å². The van der Waals surface area contributed by atoms with Crippen molar-refractivity contribution in [1.82, 2.24) is 5.32 Å². The summed E-state index contributed by atoms with van der Waals surface area (Å²) in [5.74, 6) is 0.445. The third-order valence-corrected chi connectivity index (χ3v) is 3.88. The molecule has 0 spiro atoms. The van der Waals surface area contributed by atoms with Crippen LogP contribution in [0, 0.1) is 0 Å². The van der Waals surface area contributed by atoms with Gasteiger partial charge in [-0.2, -0.15) is 0 Å². The van der Waals surface area contributed by atoms with Crippen molar-refractivity contribution >= 4 is 11.9 Å². The normalized spacial score (nSPS) is 15.4. The lowest BCUT2D eigenvalue weighted by Gasteiger charge is -2.11. The quantitative estimate of drug-likeness (QED) is 0.881. The molecule has 5 heteroatoms. The van der Waals surface area contributed by atoms with Crippen LogP contribution in [0.2, 0.25) is 0 Å². The van der Waals surface area contributed by atoms with Crippen molar-refractivity contribution in [3.8, 4) is 5.75 Å². The molecule has 1 aliphatic heterocycles. The van der Waals surface area contributed by atoms with Crippen LogP contribution in [0.5, 0.6) is 5.75 Å². The van der Waals surface area contributed by atoms with Crippen LogP contribution in [0.25, 0.3) is 0 Å². The molecule has 0 bridgehead atoms. The first kappa shape index (κ1) is 15.1. The van der Waals surface area contributed by atoms with E-state index in [2.05, 4.69) is 10.1 Å². The highest BCUT2D eigenvalue weighted by Crippen LogP contribution is 2.32. The van der Waals surface area contributed by atoms with Gasteiger partial charge in [-0.1, -0.05) is 18.2 Å². The summed E-state index contributed by atoms with van der Waals surface area (Å²) < 4.78 is 10.2. The van der Waals surface area contributed by atoms with E-state index < -0.39 is 5.97 Å². The number of amides is 1. The second-order valence-corrected chi connectivity index (χ2v) is 5.32. The fraction of sp³-hybridized carbons (Fsp3) is 0.222. The summed E-state index contributed by atoms with van der Waals surface area (Å²) in [6.07, 6.45) is 0. The Morgan fingerprint density at radius 2 is 1.83 bits per heavy atom. The first-order valence-corrected chi connectivity index (χ1v) is 7.37. The van der Waals surface area contributed by atoms with Gasteiger partial charge in [-0.3, -0.25) is 4.79 Å². The first-order valence-electron chi connectivity index (χ1n) is 7.37. The lowest BCUT2D eigenvalue weighted by atomic mass is 10.0. The summed E-state index contributed by atoms with van der Waals surface area (Å²) in [6.45, 7) is 1.08. The summed E-state index contributed by atoms with van der Waals surface area (Å²) in [6, 6.07) is 14.2. The van der Waals surface area contributed by atoms with E-state index in [1.54, 1.807) is 24.3 Å². The number of fused-ring (bicyclic) bond motifs is 1. The molecule has 0 fully saturated rings. The average molecular weight is 311 g/mol. The van der Waals surface area contributed by atoms with Crippen LogP contribution in [0.4, 0.5) is 0 Å². The summed E-state index contributed by atoms with van der Waals surface area (Å²) in [5.41, 5.74) is 2.04. The number of benzene rings is 2. The second-order valence-electron chi connectivity index (χ2n) is 5.32. The fourth-order valence-electron chi connectivity index (χ4n) is 2.59. The minimum Gasteiger partial charge on any atom is -0.493 e. The van der Waals surface area contributed by atoms with Crippen LogP contribution in [0.15, 0.2) is 48.5 Å². The number of methoxy groups -OCH3 is 1. The van der Waals surface area contributed by atoms with E-state index in [0.29, 0.717) is 24.3 Å². The minimum absolute atomic E-state index is 0.157. The molecule has 0 radical (unpaired) electrons. The maximum Gasteiger partial charge on any atom is 0.337 e. The van der Waals surface area contributed by atoms with Gasteiger partial charge in [0.15, 0.2) is 0 Å². The van der Waals surface area contributed by atoms with Crippen molar-refractivity contribution in [1.29, 1.82) is 0 Å². The molecule has 2 aromatic carbocycles. The lowest BCUT2D eigenvalue weighted by Crippen LogP contribution is -2.29. The average Bonchev–Trinajstić information content (AvgIpc) is 3.02. The first-order chi connectivity index (χ1) is 11.2. The number of ether oxygens (including phenoxy) is 2. The van der Waals surface area contributed by atoms with Gasteiger partial charge in [-0.25, -0.2) is 4.79 Å². The zero-order valence-electron chi connectivity index (χ0n) is 12.7. The predicted molar refractivity (Wildman–Crippen MR) is 84.8 cm³/mol. The van der Waals surface area contributed by atoms with Gasteiger partial charge in [-0.15, -0.1) is 0 Å². The Morgan fingerprint density at radius 3 is 2.57 bits per heavy atom. The van der Waals surface area contributed by atoms with Crippen molar-refractivity contribution < 1.29 is 19.1 Å². The molecule has 0 saturated heterocycles. The zero-order valence-corrected chi connectivity index (χ0v) is 12.7. The molecule has 1 amide bonds. The van der Waals surface area contributed by atoms with Crippen molar-refractivity contribution in [2.45, 2.75) is 5.92 Å². The number of carbonyl (C=O) groups is 2. The predicted octanol–water partition coefficient (Wildman–Crippen LogP) is 2.38. The molecule has 1 heterocycles. The number of carbonyl (C=O) groups excluding carboxylic acids is 2. The molecule has 1 N–H and O–H groups in total. The van der Waals surface area contributed by atoms with Gasteiger partial charge >= 0.3 is 5.97 Å². The third-order valence-electron chi connectivity index (χ3n) is 3.88. The van der Waals surface area contributed by atoms with E-state index in [9.17, 15) is 9.59 Å². The topological polar surface area (TPSA) is 64.6 Å². The Hall–Kier alpha value is -2.82. The summed E-state index contributed by atoms with van der Waals surface area (Å²) in [5, 5.41) is 2.91. The van der Waals surface area contributed by atoms with Crippen LogP contribution < -0.4 is 10.1 Å². The van der Waals surface area contributed by atoms with E-state index in [1.165, 1.54) is 7.11 Å². The highest BCUT2D eigenvalue weighted by Gasteiger charge is 2.24. The number of hydrogen-bond donors (Lipinski definition) is 1. The van der Waals surface area contributed by atoms with Gasteiger partial charge in [0, 0.05) is 23.6 Å². The van der Waals surface area contributed by atoms with Gasteiger partial charge in [0.05, 0.1) is 19.3 Å². The molecule has 23 heavy (non-hydrogen) atoms. The largest absolute Gasteiger partial charge is 0.493 e. The molecule has 118 valence electrons. The molecule has 2 aromatic rings. The Kier molecular flexibility index (Phi) is 4.28. The summed E-state index contributed by atoms with van der Waals surface area (Å²) >= 11 is 0. The van der Waals surface area contributed by atoms with Crippen LogP contribution in [0.3, 0.4) is 0 Å². The number of esters is 1. The number of hydrogen-bond acceptors (Lipinski definition) is 4. The van der Waals surface area contributed by atoms with E-state index in [4.69, 9.17) is 4.74 Å². The highest BCUT2D eigenvalue weighted by atomic mass is 16.5.